The molecule has 21 heavy (non-hydrogen) atoms. The van der Waals surface area contributed by atoms with Gasteiger partial charge in [0.15, 0.2) is 0 Å². The highest BCUT2D eigenvalue weighted by molar-refractivity contribution is 5.70. The summed E-state index contributed by atoms with van der Waals surface area (Å²) in [5.74, 6) is -0.870. The number of para-hydroxylation sites is 1. The van der Waals surface area contributed by atoms with Gasteiger partial charge in [0.1, 0.15) is 0 Å². The lowest BCUT2D eigenvalue weighted by Crippen LogP contribution is -2.35. The van der Waals surface area contributed by atoms with Crippen molar-refractivity contribution in [1.29, 1.82) is 0 Å². The lowest BCUT2D eigenvalue weighted by Gasteiger charge is -2.29. The summed E-state index contributed by atoms with van der Waals surface area (Å²) in [6.45, 7) is 2.32. The van der Waals surface area contributed by atoms with Crippen LogP contribution in [0.25, 0.3) is 5.69 Å². The van der Waals surface area contributed by atoms with E-state index < -0.39 is 5.97 Å². The minimum atomic E-state index is -0.676. The molecule has 1 aromatic heterocycles. The first-order valence-corrected chi connectivity index (χ1v) is 7.14. The van der Waals surface area contributed by atoms with E-state index in [1.54, 1.807) is 11.0 Å². The average molecular weight is 286 g/mol. The molecule has 6 heteroatoms. The number of rotatable bonds is 4. The Bertz CT molecular complexity index is 603. The molecule has 1 aliphatic heterocycles. The Morgan fingerprint density at radius 2 is 1.95 bits per heavy atom. The first-order chi connectivity index (χ1) is 10.2. The Balaban J connectivity index is 1.60. The lowest BCUT2D eigenvalue weighted by molar-refractivity contribution is -0.143. The van der Waals surface area contributed by atoms with Crippen molar-refractivity contribution < 1.29 is 9.90 Å². The van der Waals surface area contributed by atoms with Gasteiger partial charge in [0.2, 0.25) is 0 Å². The van der Waals surface area contributed by atoms with Crippen molar-refractivity contribution in [3.63, 3.8) is 0 Å². The summed E-state index contributed by atoms with van der Waals surface area (Å²) in [4.78, 5) is 14.8. The topological polar surface area (TPSA) is 71.2 Å². The summed E-state index contributed by atoms with van der Waals surface area (Å²) in [6, 6.07) is 9.79. The fourth-order valence-electron chi connectivity index (χ4n) is 2.62. The van der Waals surface area contributed by atoms with Crippen molar-refractivity contribution in [1.82, 2.24) is 19.9 Å². The van der Waals surface area contributed by atoms with Crippen LogP contribution in [0.1, 0.15) is 18.5 Å². The van der Waals surface area contributed by atoms with Gasteiger partial charge >= 0.3 is 5.97 Å². The van der Waals surface area contributed by atoms with E-state index in [0.29, 0.717) is 12.8 Å². The van der Waals surface area contributed by atoms with E-state index in [-0.39, 0.29) is 5.92 Å². The number of carboxylic acids is 1. The standard InChI is InChI=1S/C15H18N4O2/c20-15(21)12-6-8-18(9-7-12)11-13-10-16-19(17-13)14-4-2-1-3-5-14/h1-5,10,12H,6-9,11H2,(H,20,21). The summed E-state index contributed by atoms with van der Waals surface area (Å²) >= 11 is 0. The van der Waals surface area contributed by atoms with E-state index in [1.165, 1.54) is 0 Å². The van der Waals surface area contributed by atoms with Crippen LogP contribution in [0.15, 0.2) is 36.5 Å². The second kappa shape index (κ2) is 6.05. The lowest BCUT2D eigenvalue weighted by atomic mass is 9.97. The fraction of sp³-hybridized carbons (Fsp3) is 0.400. The number of piperidine rings is 1. The van der Waals surface area contributed by atoms with Gasteiger partial charge < -0.3 is 5.11 Å². The summed E-state index contributed by atoms with van der Waals surface area (Å²) < 4.78 is 0. The number of carbonyl (C=O) groups is 1. The minimum absolute atomic E-state index is 0.193. The quantitative estimate of drug-likeness (QED) is 0.923. The SMILES string of the molecule is O=C(O)C1CCN(Cc2cnn(-c3ccccc3)n2)CC1. The maximum absolute atomic E-state index is 10.9. The predicted octanol–water partition coefficient (Wildman–Crippen LogP) is 1.56. The molecule has 1 fully saturated rings. The third-order valence-electron chi connectivity index (χ3n) is 3.85. The van der Waals surface area contributed by atoms with Gasteiger partial charge in [-0.3, -0.25) is 9.69 Å². The van der Waals surface area contributed by atoms with Gasteiger partial charge in [0.25, 0.3) is 0 Å². The number of aromatic nitrogens is 3. The summed E-state index contributed by atoms with van der Waals surface area (Å²) in [5.41, 5.74) is 1.85. The zero-order valence-electron chi connectivity index (χ0n) is 11.7. The van der Waals surface area contributed by atoms with Crippen LogP contribution >= 0.6 is 0 Å². The Morgan fingerprint density at radius 3 is 2.62 bits per heavy atom. The van der Waals surface area contributed by atoms with Gasteiger partial charge in [-0.15, -0.1) is 0 Å². The van der Waals surface area contributed by atoms with Crippen LogP contribution in [0.5, 0.6) is 0 Å². The zero-order chi connectivity index (χ0) is 14.7. The highest BCUT2D eigenvalue weighted by Crippen LogP contribution is 2.18. The van der Waals surface area contributed by atoms with E-state index >= 15 is 0 Å². The number of hydrogen-bond donors (Lipinski definition) is 1. The van der Waals surface area contributed by atoms with E-state index in [0.717, 1.165) is 31.0 Å². The summed E-state index contributed by atoms with van der Waals surface area (Å²) in [6.07, 6.45) is 3.20. The maximum Gasteiger partial charge on any atom is 0.306 e. The average Bonchev–Trinajstić information content (AvgIpc) is 2.97. The van der Waals surface area contributed by atoms with Gasteiger partial charge in [-0.2, -0.15) is 15.0 Å². The van der Waals surface area contributed by atoms with Crippen LogP contribution in [0.4, 0.5) is 0 Å². The van der Waals surface area contributed by atoms with Gasteiger partial charge in [-0.1, -0.05) is 18.2 Å². The largest absolute Gasteiger partial charge is 0.481 e. The van der Waals surface area contributed by atoms with Gasteiger partial charge in [0.05, 0.1) is 23.5 Å². The third kappa shape index (κ3) is 3.28. The number of carboxylic acid groups (broad SMARTS) is 1. The van der Waals surface area contributed by atoms with E-state index in [4.69, 9.17) is 5.11 Å². The smallest absolute Gasteiger partial charge is 0.306 e. The van der Waals surface area contributed by atoms with Gasteiger partial charge in [-0.25, -0.2) is 0 Å². The fourth-order valence-corrected chi connectivity index (χ4v) is 2.62. The van der Waals surface area contributed by atoms with E-state index in [9.17, 15) is 4.79 Å². The second-order valence-corrected chi connectivity index (χ2v) is 5.35. The van der Waals surface area contributed by atoms with Crippen LogP contribution in [0.2, 0.25) is 0 Å². The van der Waals surface area contributed by atoms with Crippen molar-refractivity contribution in [3.05, 3.63) is 42.2 Å². The molecule has 0 saturated carbocycles. The highest BCUT2D eigenvalue weighted by Gasteiger charge is 2.24. The molecule has 0 amide bonds. The molecule has 6 nitrogen and oxygen atoms in total. The number of hydrogen-bond acceptors (Lipinski definition) is 4. The molecule has 0 radical (unpaired) electrons. The summed E-state index contributed by atoms with van der Waals surface area (Å²) in [5, 5.41) is 17.8. The minimum Gasteiger partial charge on any atom is -0.481 e. The van der Waals surface area contributed by atoms with Crippen molar-refractivity contribution in [2.45, 2.75) is 19.4 Å². The molecule has 1 aromatic carbocycles. The number of benzene rings is 1. The van der Waals surface area contributed by atoms with Crippen LogP contribution in [-0.4, -0.2) is 44.1 Å². The molecule has 0 unspecified atom stereocenters. The Morgan fingerprint density at radius 1 is 1.24 bits per heavy atom. The molecule has 3 rings (SSSR count). The molecule has 0 atom stereocenters. The number of aliphatic carboxylic acids is 1. The molecular formula is C15H18N4O2. The molecule has 2 aromatic rings. The van der Waals surface area contributed by atoms with Crippen molar-refractivity contribution >= 4 is 5.97 Å². The third-order valence-corrected chi connectivity index (χ3v) is 3.85. The van der Waals surface area contributed by atoms with Gasteiger partial charge in [-0.05, 0) is 38.1 Å². The molecule has 110 valence electrons. The van der Waals surface area contributed by atoms with Crippen LogP contribution in [0, 0.1) is 5.92 Å². The molecule has 0 bridgehead atoms. The monoisotopic (exact) mass is 286 g/mol. The normalized spacial score (nSPS) is 17.0. The van der Waals surface area contributed by atoms with Crippen LogP contribution in [0.3, 0.4) is 0 Å². The molecular weight excluding hydrogens is 268 g/mol. The Hall–Kier alpha value is -2.21. The zero-order valence-corrected chi connectivity index (χ0v) is 11.7. The number of nitrogens with zero attached hydrogens (tertiary/aromatic N) is 4. The van der Waals surface area contributed by atoms with Crippen molar-refractivity contribution in [3.8, 4) is 5.69 Å². The predicted molar refractivity (Wildman–Crippen MR) is 77.0 cm³/mol. The molecule has 1 aliphatic rings. The van der Waals surface area contributed by atoms with E-state index in [1.807, 2.05) is 30.3 Å². The Labute approximate surface area is 123 Å². The second-order valence-electron chi connectivity index (χ2n) is 5.35. The van der Waals surface area contributed by atoms with Crippen molar-refractivity contribution in [2.24, 2.45) is 5.92 Å². The molecule has 2 heterocycles. The van der Waals surface area contributed by atoms with Gasteiger partial charge in [0, 0.05) is 6.54 Å². The van der Waals surface area contributed by atoms with Crippen LogP contribution < -0.4 is 0 Å². The van der Waals surface area contributed by atoms with Crippen LogP contribution in [-0.2, 0) is 11.3 Å². The molecule has 1 N–H and O–H groups in total. The first kappa shape index (κ1) is 13.8. The Kier molecular flexibility index (Phi) is 3.96. The molecule has 0 spiro atoms. The first-order valence-electron chi connectivity index (χ1n) is 7.14. The molecule has 1 saturated heterocycles. The highest BCUT2D eigenvalue weighted by atomic mass is 16.4. The maximum atomic E-state index is 10.9. The van der Waals surface area contributed by atoms with Crippen molar-refractivity contribution in [2.75, 3.05) is 13.1 Å². The molecule has 0 aliphatic carbocycles. The summed E-state index contributed by atoms with van der Waals surface area (Å²) in [7, 11) is 0. The number of likely N-dealkylation sites (tertiary alicyclic amines) is 1. The van der Waals surface area contributed by atoms with E-state index in [2.05, 4.69) is 15.1 Å².